The molecule has 0 amide bonds. The van der Waals surface area contributed by atoms with Gasteiger partial charge in [-0.15, -0.1) is 0 Å². The molecule has 0 heterocycles. The van der Waals surface area contributed by atoms with Crippen molar-refractivity contribution in [1.82, 2.24) is 0 Å². The monoisotopic (exact) mass is 557 g/mol. The van der Waals surface area contributed by atoms with Gasteiger partial charge in [-0.2, -0.15) is 0 Å². The summed E-state index contributed by atoms with van der Waals surface area (Å²) in [7, 11) is 0. The Morgan fingerprint density at radius 3 is 0.974 bits per heavy atom. The molecule has 0 aromatic heterocycles. The van der Waals surface area contributed by atoms with Gasteiger partial charge >= 0.3 is 5.97 Å². The van der Waals surface area contributed by atoms with Crippen molar-refractivity contribution in [2.45, 2.75) is 180 Å². The van der Waals surface area contributed by atoms with E-state index in [9.17, 15) is 20.1 Å². The highest BCUT2D eigenvalue weighted by molar-refractivity contribution is 5.66. The summed E-state index contributed by atoms with van der Waals surface area (Å²) in [6, 6.07) is 0. The fourth-order valence-electron chi connectivity index (χ4n) is 5.78. The van der Waals surface area contributed by atoms with Crippen LogP contribution in [0.1, 0.15) is 180 Å². The Morgan fingerprint density at radius 1 is 0.487 bits per heavy atom. The molecule has 234 valence electrons. The van der Waals surface area contributed by atoms with Crippen LogP contribution in [-0.4, -0.2) is 46.2 Å². The van der Waals surface area contributed by atoms with Crippen LogP contribution in [0, 0.1) is 11.3 Å². The van der Waals surface area contributed by atoms with Crippen LogP contribution < -0.4 is 0 Å². The van der Waals surface area contributed by atoms with Gasteiger partial charge in [0.15, 0.2) is 0 Å². The van der Waals surface area contributed by atoms with E-state index in [1.54, 1.807) is 0 Å². The van der Waals surface area contributed by atoms with Gasteiger partial charge in [0.1, 0.15) is 0 Å². The molecule has 0 fully saturated rings. The molecule has 39 heavy (non-hydrogen) atoms. The van der Waals surface area contributed by atoms with Crippen molar-refractivity contribution < 1.29 is 25.2 Å². The number of rotatable bonds is 32. The molecular formula is C34H68O5. The summed E-state index contributed by atoms with van der Waals surface area (Å²) in [5.74, 6) is -0.725. The third kappa shape index (κ3) is 23.7. The Hall–Kier alpha value is -0.650. The molecule has 0 aliphatic rings. The highest BCUT2D eigenvalue weighted by atomic mass is 16.4. The summed E-state index contributed by atoms with van der Waals surface area (Å²) >= 11 is 0. The van der Waals surface area contributed by atoms with Gasteiger partial charge in [0.05, 0.1) is 13.2 Å². The van der Waals surface area contributed by atoms with E-state index in [4.69, 9.17) is 5.11 Å². The zero-order valence-corrected chi connectivity index (χ0v) is 26.0. The highest BCUT2D eigenvalue weighted by Crippen LogP contribution is 2.33. The fraction of sp³-hybridized carbons (Fsp3) is 0.971. The Balaban J connectivity index is 3.24. The summed E-state index contributed by atoms with van der Waals surface area (Å²) in [5.41, 5.74) is -0.524. The molecule has 5 nitrogen and oxygen atoms in total. The van der Waals surface area contributed by atoms with Gasteiger partial charge in [-0.3, -0.25) is 4.79 Å². The third-order valence-corrected chi connectivity index (χ3v) is 9.01. The van der Waals surface area contributed by atoms with Crippen LogP contribution >= 0.6 is 0 Å². The van der Waals surface area contributed by atoms with Crippen molar-refractivity contribution in [1.29, 1.82) is 0 Å². The van der Waals surface area contributed by atoms with Crippen LogP contribution in [0.5, 0.6) is 0 Å². The molecule has 0 aliphatic carbocycles. The molecule has 4 N–H and O–H groups in total. The lowest BCUT2D eigenvalue weighted by Crippen LogP contribution is -2.38. The zero-order valence-electron chi connectivity index (χ0n) is 26.0. The second-order valence-corrected chi connectivity index (χ2v) is 12.5. The Morgan fingerprint density at radius 2 is 0.744 bits per heavy atom. The van der Waals surface area contributed by atoms with E-state index in [-0.39, 0.29) is 25.7 Å². The second-order valence-electron chi connectivity index (χ2n) is 12.5. The van der Waals surface area contributed by atoms with Crippen LogP contribution in [0.3, 0.4) is 0 Å². The van der Waals surface area contributed by atoms with Crippen molar-refractivity contribution in [3.63, 3.8) is 0 Å². The SMILES string of the molecule is CC(CO)C(CO)(CO)CCCCCCCCCCCCCCCCCCCCCCCCCCCC(=O)O. The molecular weight excluding hydrogens is 488 g/mol. The molecule has 0 aromatic carbocycles. The predicted octanol–water partition coefficient (Wildman–Crippen LogP) is 9.20. The standard InChI is InChI=1S/C34H68O5/c1-32(29-35)34(30-36,31-37)28-26-24-22-20-18-16-14-12-10-8-6-4-2-3-5-7-9-11-13-15-17-19-21-23-25-27-33(38)39/h32,35-37H,2-31H2,1H3,(H,38,39). The van der Waals surface area contributed by atoms with Gasteiger partial charge in [0.2, 0.25) is 0 Å². The molecule has 0 bridgehead atoms. The number of hydrogen-bond donors (Lipinski definition) is 4. The van der Waals surface area contributed by atoms with Gasteiger partial charge in [0, 0.05) is 18.4 Å². The largest absolute Gasteiger partial charge is 0.481 e. The summed E-state index contributed by atoms with van der Waals surface area (Å²) < 4.78 is 0. The van der Waals surface area contributed by atoms with E-state index < -0.39 is 11.4 Å². The average molecular weight is 557 g/mol. The van der Waals surface area contributed by atoms with E-state index in [1.807, 2.05) is 6.92 Å². The number of aliphatic carboxylic acids is 1. The number of aliphatic hydroxyl groups excluding tert-OH is 3. The first-order valence-electron chi connectivity index (χ1n) is 17.1. The number of aliphatic hydroxyl groups is 3. The van der Waals surface area contributed by atoms with E-state index in [0.29, 0.717) is 6.42 Å². The maximum atomic E-state index is 10.5. The van der Waals surface area contributed by atoms with Crippen molar-refractivity contribution in [2.24, 2.45) is 11.3 Å². The van der Waals surface area contributed by atoms with Crippen molar-refractivity contribution in [3.8, 4) is 0 Å². The quantitative estimate of drug-likeness (QED) is 0.0619. The predicted molar refractivity (Wildman–Crippen MR) is 165 cm³/mol. The maximum Gasteiger partial charge on any atom is 0.303 e. The topological polar surface area (TPSA) is 98.0 Å². The van der Waals surface area contributed by atoms with Crippen LogP contribution in [-0.2, 0) is 4.79 Å². The first kappa shape index (κ1) is 38.4. The minimum absolute atomic E-state index is 0.0189. The average Bonchev–Trinajstić information content (AvgIpc) is 2.94. The first-order valence-corrected chi connectivity index (χ1v) is 17.1. The summed E-state index contributed by atoms with van der Waals surface area (Å²) in [5, 5.41) is 37.4. The summed E-state index contributed by atoms with van der Waals surface area (Å²) in [6.07, 6.45) is 33.8. The van der Waals surface area contributed by atoms with E-state index in [2.05, 4.69) is 0 Å². The van der Waals surface area contributed by atoms with Gasteiger partial charge in [-0.05, 0) is 18.8 Å². The molecule has 5 heteroatoms. The fourth-order valence-corrected chi connectivity index (χ4v) is 5.78. The number of hydrogen-bond acceptors (Lipinski definition) is 4. The van der Waals surface area contributed by atoms with E-state index >= 15 is 0 Å². The smallest absolute Gasteiger partial charge is 0.303 e. The Kier molecular flexibility index (Phi) is 28.4. The van der Waals surface area contributed by atoms with Crippen LogP contribution in [0.25, 0.3) is 0 Å². The molecule has 0 aliphatic heterocycles. The maximum absolute atomic E-state index is 10.5. The molecule has 0 rings (SSSR count). The normalized spacial score (nSPS) is 12.7. The van der Waals surface area contributed by atoms with Gasteiger partial charge in [0.25, 0.3) is 0 Å². The number of carbonyl (C=O) groups is 1. The number of carboxylic acid groups (broad SMARTS) is 1. The zero-order chi connectivity index (χ0) is 28.9. The molecule has 0 saturated carbocycles. The van der Waals surface area contributed by atoms with Crippen molar-refractivity contribution in [3.05, 3.63) is 0 Å². The molecule has 0 saturated heterocycles. The number of unbranched alkanes of at least 4 members (excludes halogenated alkanes) is 24. The van der Waals surface area contributed by atoms with Crippen molar-refractivity contribution >= 4 is 5.97 Å². The summed E-state index contributed by atoms with van der Waals surface area (Å²) in [4.78, 5) is 10.5. The van der Waals surface area contributed by atoms with Crippen LogP contribution in [0.15, 0.2) is 0 Å². The lowest BCUT2D eigenvalue weighted by molar-refractivity contribution is -0.137. The summed E-state index contributed by atoms with van der Waals surface area (Å²) in [6.45, 7) is 1.84. The lowest BCUT2D eigenvalue weighted by Gasteiger charge is -2.35. The molecule has 1 unspecified atom stereocenters. The van der Waals surface area contributed by atoms with Gasteiger partial charge in [-0.1, -0.05) is 161 Å². The minimum atomic E-state index is -0.661. The van der Waals surface area contributed by atoms with Gasteiger partial charge in [-0.25, -0.2) is 0 Å². The van der Waals surface area contributed by atoms with Crippen LogP contribution in [0.4, 0.5) is 0 Å². The molecule has 0 radical (unpaired) electrons. The Bertz CT molecular complexity index is 506. The van der Waals surface area contributed by atoms with E-state index in [1.165, 1.54) is 135 Å². The van der Waals surface area contributed by atoms with Crippen molar-refractivity contribution in [2.75, 3.05) is 19.8 Å². The lowest BCUT2D eigenvalue weighted by atomic mass is 9.74. The highest BCUT2D eigenvalue weighted by Gasteiger charge is 2.34. The van der Waals surface area contributed by atoms with Gasteiger partial charge < -0.3 is 20.4 Å². The van der Waals surface area contributed by atoms with E-state index in [0.717, 1.165) is 32.1 Å². The third-order valence-electron chi connectivity index (χ3n) is 9.01. The first-order chi connectivity index (χ1) is 19.0. The van der Waals surface area contributed by atoms with Crippen LogP contribution in [0.2, 0.25) is 0 Å². The second kappa shape index (κ2) is 28.9. The Labute approximate surface area is 242 Å². The molecule has 0 spiro atoms. The minimum Gasteiger partial charge on any atom is -0.481 e. The number of carboxylic acids is 1. The molecule has 1 atom stereocenters. The molecule has 0 aromatic rings.